The minimum absolute atomic E-state index is 0.260. The molecule has 3 N–H and O–H groups in total. The number of carbonyl (C=O) groups is 1. The second-order valence-corrected chi connectivity index (χ2v) is 7.71. The quantitative estimate of drug-likeness (QED) is 0.843. The predicted molar refractivity (Wildman–Crippen MR) is 110 cm³/mol. The first kappa shape index (κ1) is 17.7. The summed E-state index contributed by atoms with van der Waals surface area (Å²) in [5, 5.41) is 3.63. The fourth-order valence-electron chi connectivity index (χ4n) is 4.42. The summed E-state index contributed by atoms with van der Waals surface area (Å²) in [5.41, 5.74) is 11.5. The van der Waals surface area contributed by atoms with Gasteiger partial charge in [0.15, 0.2) is 0 Å². The first-order chi connectivity index (χ1) is 13.1. The average molecular weight is 358 g/mol. The van der Waals surface area contributed by atoms with Crippen LogP contribution in [-0.2, 0) is 11.2 Å². The number of rotatable bonds is 5. The SMILES string of the molecule is CC1=CC(CNC2CCc3ccccc32)(C(N)=O)CC=C1c1ccccc1. The number of nitrogens with one attached hydrogen (secondary N) is 1. The van der Waals surface area contributed by atoms with E-state index in [-0.39, 0.29) is 5.91 Å². The maximum atomic E-state index is 12.4. The van der Waals surface area contributed by atoms with Gasteiger partial charge in [0.05, 0.1) is 5.41 Å². The van der Waals surface area contributed by atoms with E-state index in [0.29, 0.717) is 19.0 Å². The van der Waals surface area contributed by atoms with Gasteiger partial charge in [-0.05, 0) is 54.0 Å². The molecule has 2 atom stereocenters. The molecule has 138 valence electrons. The Labute approximate surface area is 161 Å². The van der Waals surface area contributed by atoms with E-state index < -0.39 is 5.41 Å². The number of primary amides is 1. The summed E-state index contributed by atoms with van der Waals surface area (Å²) < 4.78 is 0. The van der Waals surface area contributed by atoms with Gasteiger partial charge in [0.1, 0.15) is 0 Å². The molecule has 0 saturated carbocycles. The summed E-state index contributed by atoms with van der Waals surface area (Å²) >= 11 is 0. The molecule has 3 heteroatoms. The summed E-state index contributed by atoms with van der Waals surface area (Å²) in [5.74, 6) is -0.260. The van der Waals surface area contributed by atoms with Gasteiger partial charge in [-0.2, -0.15) is 0 Å². The van der Waals surface area contributed by atoms with Crippen LogP contribution in [0.25, 0.3) is 5.57 Å². The van der Waals surface area contributed by atoms with Crippen LogP contribution in [0.2, 0.25) is 0 Å². The van der Waals surface area contributed by atoms with E-state index in [1.54, 1.807) is 0 Å². The Balaban J connectivity index is 1.54. The molecule has 2 unspecified atom stereocenters. The second kappa shape index (κ2) is 7.16. The third-order valence-electron chi connectivity index (χ3n) is 5.96. The molecule has 2 aromatic rings. The maximum Gasteiger partial charge on any atom is 0.229 e. The smallest absolute Gasteiger partial charge is 0.229 e. The highest BCUT2D eigenvalue weighted by molar-refractivity contribution is 5.88. The Bertz CT molecular complexity index is 913. The van der Waals surface area contributed by atoms with Crippen molar-refractivity contribution in [2.45, 2.75) is 32.2 Å². The van der Waals surface area contributed by atoms with Crippen molar-refractivity contribution in [1.82, 2.24) is 5.32 Å². The van der Waals surface area contributed by atoms with E-state index >= 15 is 0 Å². The molecule has 2 aliphatic rings. The number of allylic oxidation sites excluding steroid dienone is 3. The number of amides is 1. The number of benzene rings is 2. The minimum atomic E-state index is -0.667. The Kier molecular flexibility index (Phi) is 4.71. The minimum Gasteiger partial charge on any atom is -0.369 e. The van der Waals surface area contributed by atoms with Gasteiger partial charge in [0, 0.05) is 12.6 Å². The lowest BCUT2D eigenvalue weighted by Gasteiger charge is -2.33. The van der Waals surface area contributed by atoms with Crippen LogP contribution in [-0.4, -0.2) is 12.5 Å². The number of fused-ring (bicyclic) bond motifs is 1. The molecule has 0 aliphatic heterocycles. The molecule has 27 heavy (non-hydrogen) atoms. The Morgan fingerprint density at radius 1 is 1.15 bits per heavy atom. The lowest BCUT2D eigenvalue weighted by atomic mass is 9.75. The highest BCUT2D eigenvalue weighted by Gasteiger charge is 2.37. The van der Waals surface area contributed by atoms with Crippen molar-refractivity contribution in [3.8, 4) is 0 Å². The number of carbonyl (C=O) groups excluding carboxylic acids is 1. The van der Waals surface area contributed by atoms with Crippen LogP contribution in [0.5, 0.6) is 0 Å². The molecule has 1 amide bonds. The van der Waals surface area contributed by atoms with Crippen LogP contribution in [0.3, 0.4) is 0 Å². The van der Waals surface area contributed by atoms with Gasteiger partial charge in [-0.1, -0.05) is 66.7 Å². The molecule has 0 spiro atoms. The Morgan fingerprint density at radius 3 is 2.63 bits per heavy atom. The van der Waals surface area contributed by atoms with E-state index in [9.17, 15) is 4.79 Å². The Hall–Kier alpha value is -2.65. The highest BCUT2D eigenvalue weighted by atomic mass is 16.1. The van der Waals surface area contributed by atoms with Crippen molar-refractivity contribution < 1.29 is 4.79 Å². The van der Waals surface area contributed by atoms with E-state index in [0.717, 1.165) is 18.4 Å². The van der Waals surface area contributed by atoms with Gasteiger partial charge >= 0.3 is 0 Å². The fourth-order valence-corrected chi connectivity index (χ4v) is 4.42. The summed E-state index contributed by atoms with van der Waals surface area (Å²) in [6.45, 7) is 2.64. The molecule has 0 fully saturated rings. The molecule has 0 heterocycles. The predicted octanol–water partition coefficient (Wildman–Crippen LogP) is 4.17. The van der Waals surface area contributed by atoms with Gasteiger partial charge in [-0.15, -0.1) is 0 Å². The largest absolute Gasteiger partial charge is 0.369 e. The molecule has 2 aliphatic carbocycles. The van der Waals surface area contributed by atoms with E-state index in [4.69, 9.17) is 5.73 Å². The molecule has 2 aromatic carbocycles. The monoisotopic (exact) mass is 358 g/mol. The summed E-state index contributed by atoms with van der Waals surface area (Å²) in [4.78, 5) is 12.4. The van der Waals surface area contributed by atoms with Crippen LogP contribution in [0.15, 0.2) is 72.3 Å². The van der Waals surface area contributed by atoms with E-state index in [1.807, 2.05) is 18.2 Å². The van der Waals surface area contributed by atoms with Crippen molar-refractivity contribution in [3.05, 3.63) is 89.0 Å². The molecular formula is C24H26N2O. The highest BCUT2D eigenvalue weighted by Crippen LogP contribution is 2.38. The van der Waals surface area contributed by atoms with Gasteiger partial charge in [0.2, 0.25) is 5.91 Å². The third kappa shape index (κ3) is 3.35. The zero-order valence-electron chi connectivity index (χ0n) is 15.7. The van der Waals surface area contributed by atoms with E-state index in [1.165, 1.54) is 22.3 Å². The molecule has 0 saturated heterocycles. The molecule has 0 bridgehead atoms. The number of hydrogen-bond acceptors (Lipinski definition) is 2. The normalized spacial score (nSPS) is 24.1. The standard InChI is InChI=1S/C24H26N2O/c1-17-15-24(23(25)27,14-13-20(17)18-7-3-2-4-8-18)16-26-22-12-11-19-9-5-6-10-21(19)22/h2-10,13,15,22,26H,11-12,14,16H2,1H3,(H2,25,27). The maximum absolute atomic E-state index is 12.4. The Morgan fingerprint density at radius 2 is 1.89 bits per heavy atom. The number of hydrogen-bond donors (Lipinski definition) is 2. The third-order valence-corrected chi connectivity index (χ3v) is 5.96. The van der Waals surface area contributed by atoms with Crippen molar-refractivity contribution in [1.29, 1.82) is 0 Å². The number of aryl methyl sites for hydroxylation is 1. The van der Waals surface area contributed by atoms with Gasteiger partial charge in [-0.25, -0.2) is 0 Å². The van der Waals surface area contributed by atoms with Crippen molar-refractivity contribution >= 4 is 11.5 Å². The average Bonchev–Trinajstić information content (AvgIpc) is 3.10. The summed E-state index contributed by atoms with van der Waals surface area (Å²) in [6.07, 6.45) is 7.03. The topological polar surface area (TPSA) is 55.1 Å². The van der Waals surface area contributed by atoms with Gasteiger partial charge < -0.3 is 11.1 Å². The van der Waals surface area contributed by atoms with Crippen molar-refractivity contribution in [3.63, 3.8) is 0 Å². The molecular weight excluding hydrogens is 332 g/mol. The fraction of sp³-hybridized carbons (Fsp3) is 0.292. The van der Waals surface area contributed by atoms with Gasteiger partial charge in [0.25, 0.3) is 0 Å². The van der Waals surface area contributed by atoms with Gasteiger partial charge in [-0.3, -0.25) is 4.79 Å². The van der Waals surface area contributed by atoms with Crippen LogP contribution >= 0.6 is 0 Å². The molecule has 3 nitrogen and oxygen atoms in total. The van der Waals surface area contributed by atoms with Crippen LogP contribution in [0.1, 0.15) is 42.5 Å². The molecule has 0 radical (unpaired) electrons. The summed E-state index contributed by atoms with van der Waals surface area (Å²) in [7, 11) is 0. The van der Waals surface area contributed by atoms with Crippen LogP contribution < -0.4 is 11.1 Å². The second-order valence-electron chi connectivity index (χ2n) is 7.71. The lowest BCUT2D eigenvalue weighted by Crippen LogP contribution is -2.45. The summed E-state index contributed by atoms with van der Waals surface area (Å²) in [6, 6.07) is 19.2. The molecule has 4 rings (SSSR count). The number of nitrogens with two attached hydrogens (primary N) is 1. The van der Waals surface area contributed by atoms with E-state index in [2.05, 4.69) is 60.8 Å². The lowest BCUT2D eigenvalue weighted by molar-refractivity contribution is -0.125. The zero-order valence-corrected chi connectivity index (χ0v) is 15.7. The first-order valence-corrected chi connectivity index (χ1v) is 9.65. The van der Waals surface area contributed by atoms with Crippen molar-refractivity contribution in [2.75, 3.05) is 6.54 Å². The van der Waals surface area contributed by atoms with Crippen LogP contribution in [0, 0.1) is 5.41 Å². The zero-order chi connectivity index (χ0) is 18.9. The first-order valence-electron chi connectivity index (χ1n) is 9.65. The van der Waals surface area contributed by atoms with Crippen molar-refractivity contribution in [2.24, 2.45) is 11.1 Å². The van der Waals surface area contributed by atoms with Crippen LogP contribution in [0.4, 0.5) is 0 Å². The molecule has 0 aromatic heterocycles.